The second-order valence-corrected chi connectivity index (χ2v) is 13.6. The lowest BCUT2D eigenvalue weighted by molar-refractivity contribution is -0.384. The molecule has 164 valence electrons. The molecule has 0 aliphatic heterocycles. The van der Waals surface area contributed by atoms with Gasteiger partial charge in [0.1, 0.15) is 6.10 Å². The number of hydrogen-bond donors (Lipinski definition) is 0. The second kappa shape index (κ2) is 9.09. The molecule has 0 radical (unpaired) electrons. The smallest absolute Gasteiger partial charge is 0.338 e. The molecule has 8 nitrogen and oxygen atoms in total. The van der Waals surface area contributed by atoms with E-state index in [1.165, 1.54) is 31.4 Å². The highest BCUT2D eigenvalue weighted by Gasteiger charge is 2.41. The van der Waals surface area contributed by atoms with E-state index in [4.69, 9.17) is 13.9 Å². The van der Waals surface area contributed by atoms with Crippen molar-refractivity contribution in [2.75, 3.05) is 7.11 Å². The normalized spacial score (nSPS) is 19.6. The van der Waals surface area contributed by atoms with Crippen LogP contribution in [0.5, 0.6) is 0 Å². The molecule has 0 heterocycles. The first-order valence-electron chi connectivity index (χ1n) is 9.76. The number of non-ortho nitro benzene ring substituents is 1. The van der Waals surface area contributed by atoms with E-state index in [0.717, 1.165) is 0 Å². The molecular weight excluding hydrogens is 406 g/mol. The maximum atomic E-state index is 12.5. The molecule has 0 fully saturated rings. The van der Waals surface area contributed by atoms with E-state index in [2.05, 4.69) is 33.9 Å². The lowest BCUT2D eigenvalue weighted by Crippen LogP contribution is -2.46. The lowest BCUT2D eigenvalue weighted by Gasteiger charge is -2.41. The van der Waals surface area contributed by atoms with Crippen molar-refractivity contribution < 1.29 is 28.4 Å². The van der Waals surface area contributed by atoms with Crippen molar-refractivity contribution in [2.24, 2.45) is 0 Å². The minimum absolute atomic E-state index is 0.00941. The van der Waals surface area contributed by atoms with Crippen LogP contribution in [0.15, 0.2) is 35.9 Å². The molecule has 0 aromatic heterocycles. The number of rotatable bonds is 6. The highest BCUT2D eigenvalue weighted by molar-refractivity contribution is 6.74. The van der Waals surface area contributed by atoms with Crippen LogP contribution in [0, 0.1) is 10.1 Å². The van der Waals surface area contributed by atoms with Gasteiger partial charge < -0.3 is 13.9 Å². The van der Waals surface area contributed by atoms with E-state index >= 15 is 0 Å². The minimum atomic E-state index is -2.10. The summed E-state index contributed by atoms with van der Waals surface area (Å²) in [6.07, 6.45) is 1.47. The van der Waals surface area contributed by atoms with Gasteiger partial charge in [-0.05, 0) is 36.3 Å². The lowest BCUT2D eigenvalue weighted by atomic mass is 9.95. The average molecular weight is 436 g/mol. The second-order valence-electron chi connectivity index (χ2n) is 8.87. The van der Waals surface area contributed by atoms with Gasteiger partial charge in [-0.2, -0.15) is 0 Å². The SMILES string of the molecule is COC(=O)C1=C[C@@H](OC(=O)c2ccc([N+](=O)[O-])cc2)C[C@H](O[Si](C)(C)C(C)(C)C)C1. The Hall–Kier alpha value is -2.52. The van der Waals surface area contributed by atoms with Gasteiger partial charge in [0.2, 0.25) is 0 Å². The van der Waals surface area contributed by atoms with Crippen molar-refractivity contribution in [3.05, 3.63) is 51.6 Å². The maximum absolute atomic E-state index is 12.5. The van der Waals surface area contributed by atoms with Gasteiger partial charge >= 0.3 is 11.9 Å². The molecule has 0 unspecified atom stereocenters. The molecule has 30 heavy (non-hydrogen) atoms. The summed E-state index contributed by atoms with van der Waals surface area (Å²) in [6, 6.07) is 5.18. The van der Waals surface area contributed by atoms with Crippen molar-refractivity contribution in [1.82, 2.24) is 0 Å². The number of esters is 2. The summed E-state index contributed by atoms with van der Waals surface area (Å²) in [5, 5.41) is 10.8. The fourth-order valence-electron chi connectivity index (χ4n) is 2.92. The molecule has 0 saturated carbocycles. The first-order chi connectivity index (χ1) is 13.8. The quantitative estimate of drug-likeness (QED) is 0.282. The summed E-state index contributed by atoms with van der Waals surface area (Å²) in [4.78, 5) is 34.9. The van der Waals surface area contributed by atoms with Crippen molar-refractivity contribution in [3.8, 4) is 0 Å². The van der Waals surface area contributed by atoms with Crippen LogP contribution in [-0.4, -0.2) is 44.5 Å². The predicted molar refractivity (Wildman–Crippen MR) is 114 cm³/mol. The van der Waals surface area contributed by atoms with E-state index in [9.17, 15) is 19.7 Å². The third-order valence-corrected chi connectivity index (χ3v) is 10.2. The Morgan fingerprint density at radius 1 is 1.13 bits per heavy atom. The van der Waals surface area contributed by atoms with Crippen LogP contribution in [0.2, 0.25) is 18.1 Å². The molecule has 1 aromatic rings. The Bertz CT molecular complexity index is 840. The number of nitro groups is 1. The van der Waals surface area contributed by atoms with Gasteiger partial charge in [0, 0.05) is 30.5 Å². The van der Waals surface area contributed by atoms with Gasteiger partial charge in [0.25, 0.3) is 5.69 Å². The number of methoxy groups -OCH3 is 1. The Morgan fingerprint density at radius 2 is 1.73 bits per heavy atom. The van der Waals surface area contributed by atoms with Gasteiger partial charge in [0.15, 0.2) is 8.32 Å². The molecule has 0 N–H and O–H groups in total. The summed E-state index contributed by atoms with van der Waals surface area (Å²) in [5.41, 5.74) is 0.495. The van der Waals surface area contributed by atoms with E-state index < -0.39 is 31.3 Å². The van der Waals surface area contributed by atoms with Gasteiger partial charge in [-0.1, -0.05) is 20.8 Å². The van der Waals surface area contributed by atoms with Crippen LogP contribution in [0.4, 0.5) is 5.69 Å². The van der Waals surface area contributed by atoms with Crippen molar-refractivity contribution >= 4 is 25.9 Å². The number of hydrogen-bond acceptors (Lipinski definition) is 7. The Balaban J connectivity index is 2.19. The fraction of sp³-hybridized carbons (Fsp3) is 0.524. The van der Waals surface area contributed by atoms with Crippen molar-refractivity contribution in [1.29, 1.82) is 0 Å². The number of nitrogens with zero attached hydrogens (tertiary/aromatic N) is 1. The van der Waals surface area contributed by atoms with E-state index in [0.29, 0.717) is 18.4 Å². The van der Waals surface area contributed by atoms with E-state index in [1.54, 1.807) is 6.08 Å². The van der Waals surface area contributed by atoms with Gasteiger partial charge in [-0.25, -0.2) is 9.59 Å². The molecule has 1 aliphatic rings. The van der Waals surface area contributed by atoms with Gasteiger partial charge in [0.05, 0.1) is 23.7 Å². The minimum Gasteiger partial charge on any atom is -0.466 e. The van der Waals surface area contributed by atoms with Crippen molar-refractivity contribution in [2.45, 2.75) is 64.0 Å². The average Bonchev–Trinajstić information content (AvgIpc) is 2.65. The largest absolute Gasteiger partial charge is 0.466 e. The molecular formula is C21H29NO7Si. The Kier molecular flexibility index (Phi) is 7.20. The number of benzene rings is 1. The molecule has 2 rings (SSSR count). The van der Waals surface area contributed by atoms with E-state index in [-0.39, 0.29) is 22.4 Å². The molecule has 9 heteroatoms. The number of nitro benzene ring substituents is 1. The summed E-state index contributed by atoms with van der Waals surface area (Å²) in [6.45, 7) is 10.6. The first-order valence-corrected chi connectivity index (χ1v) is 12.7. The molecule has 0 bridgehead atoms. The number of carbonyl (C=O) groups excluding carboxylic acids is 2. The summed E-state index contributed by atoms with van der Waals surface area (Å²) in [5.74, 6) is -1.10. The Morgan fingerprint density at radius 3 is 2.23 bits per heavy atom. The van der Waals surface area contributed by atoms with Crippen molar-refractivity contribution in [3.63, 3.8) is 0 Å². The third-order valence-electron chi connectivity index (χ3n) is 5.62. The molecule has 0 saturated heterocycles. The molecule has 2 atom stereocenters. The van der Waals surface area contributed by atoms with Gasteiger partial charge in [-0.15, -0.1) is 0 Å². The third kappa shape index (κ3) is 5.76. The van der Waals surface area contributed by atoms with Crippen LogP contribution >= 0.6 is 0 Å². The highest BCUT2D eigenvalue weighted by Crippen LogP contribution is 2.39. The predicted octanol–water partition coefficient (Wildman–Crippen LogP) is 4.40. The molecule has 1 aromatic carbocycles. The van der Waals surface area contributed by atoms with Gasteiger partial charge in [-0.3, -0.25) is 10.1 Å². The standard InChI is InChI=1S/C21H29NO7Si/c1-21(2,3)30(5,6)29-18-12-15(19(23)27-4)11-17(13-18)28-20(24)14-7-9-16(10-8-14)22(25)26/h7-11,17-18H,12-13H2,1-6H3/t17-,18-/m1/s1. The van der Waals surface area contributed by atoms with Crippen LogP contribution in [-0.2, 0) is 18.7 Å². The number of carbonyl (C=O) groups is 2. The highest BCUT2D eigenvalue weighted by atomic mass is 28.4. The van der Waals surface area contributed by atoms with E-state index in [1.807, 2.05) is 0 Å². The topological polar surface area (TPSA) is 105 Å². The van der Waals surface area contributed by atoms with Crippen LogP contribution in [0.1, 0.15) is 44.0 Å². The summed E-state index contributed by atoms with van der Waals surface area (Å²) in [7, 11) is -0.796. The van der Waals surface area contributed by atoms with Crippen LogP contribution in [0.25, 0.3) is 0 Å². The number of ether oxygens (including phenoxy) is 2. The molecule has 0 spiro atoms. The fourth-order valence-corrected chi connectivity index (χ4v) is 4.29. The Labute approximate surface area is 177 Å². The van der Waals surface area contributed by atoms with Crippen LogP contribution < -0.4 is 0 Å². The summed E-state index contributed by atoms with van der Waals surface area (Å²) < 4.78 is 16.9. The zero-order valence-electron chi connectivity index (χ0n) is 18.3. The maximum Gasteiger partial charge on any atom is 0.338 e. The zero-order valence-corrected chi connectivity index (χ0v) is 19.3. The zero-order chi connectivity index (χ0) is 22.7. The van der Waals surface area contributed by atoms with Crippen LogP contribution in [0.3, 0.4) is 0 Å². The summed E-state index contributed by atoms with van der Waals surface area (Å²) >= 11 is 0. The first kappa shape index (κ1) is 23.8. The monoisotopic (exact) mass is 435 g/mol. The molecule has 0 amide bonds. The molecule has 1 aliphatic carbocycles.